The van der Waals surface area contributed by atoms with Crippen LogP contribution < -0.4 is 10.1 Å². The average Bonchev–Trinajstić information content (AvgIpc) is 3.23. The van der Waals surface area contributed by atoms with Crippen molar-refractivity contribution in [3.05, 3.63) is 94.8 Å². The van der Waals surface area contributed by atoms with Crippen molar-refractivity contribution in [2.75, 3.05) is 13.2 Å². The van der Waals surface area contributed by atoms with E-state index in [2.05, 4.69) is 60.1 Å². The molecule has 0 spiro atoms. The first-order chi connectivity index (χ1) is 17.5. The summed E-state index contributed by atoms with van der Waals surface area (Å²) in [5, 5.41) is 3.70. The largest absolute Gasteiger partial charge is 0.494 e. The predicted molar refractivity (Wildman–Crippen MR) is 147 cm³/mol. The maximum Gasteiger partial charge on any atom is 0.224 e. The van der Waals surface area contributed by atoms with Gasteiger partial charge in [-0.25, -0.2) is 4.98 Å². The molecule has 188 valence electrons. The Hall–Kier alpha value is -3.31. The lowest BCUT2D eigenvalue weighted by Gasteiger charge is -2.12. The number of aromatic nitrogens is 2. The topological polar surface area (TPSA) is 56.1 Å². The Morgan fingerprint density at radius 2 is 1.75 bits per heavy atom. The number of amides is 1. The smallest absolute Gasteiger partial charge is 0.224 e. The van der Waals surface area contributed by atoms with Gasteiger partial charge in [0, 0.05) is 24.5 Å². The van der Waals surface area contributed by atoms with Crippen molar-refractivity contribution in [1.82, 2.24) is 14.9 Å². The molecule has 0 aliphatic rings. The van der Waals surface area contributed by atoms with Crippen molar-refractivity contribution in [3.8, 4) is 5.75 Å². The molecule has 1 heterocycles. The second-order valence-corrected chi connectivity index (χ2v) is 9.79. The van der Waals surface area contributed by atoms with Crippen LogP contribution in [0.4, 0.5) is 0 Å². The number of aryl methyl sites for hydroxylation is 2. The summed E-state index contributed by atoms with van der Waals surface area (Å²) in [6.45, 7) is 6.48. The standard InChI is InChI=1S/C30H34ClN3O2/c1-22(2)24-12-16-26(17-13-24)36-20-6-19-34-28-8-4-3-7-27(28)33-29(34)9-5-18-32-30(35)21-23-10-14-25(31)15-11-23/h3-4,7-8,10-17,22H,5-6,9,18-21H2,1-2H3,(H,32,35). The zero-order chi connectivity index (χ0) is 25.3. The van der Waals surface area contributed by atoms with Gasteiger partial charge in [0.1, 0.15) is 11.6 Å². The van der Waals surface area contributed by atoms with Crippen LogP contribution in [0.3, 0.4) is 0 Å². The lowest BCUT2D eigenvalue weighted by atomic mass is 10.0. The zero-order valence-corrected chi connectivity index (χ0v) is 21.8. The molecule has 0 radical (unpaired) electrons. The Labute approximate surface area is 218 Å². The highest BCUT2D eigenvalue weighted by Gasteiger charge is 2.11. The van der Waals surface area contributed by atoms with Gasteiger partial charge in [0.15, 0.2) is 0 Å². The highest BCUT2D eigenvalue weighted by Crippen LogP contribution is 2.20. The van der Waals surface area contributed by atoms with Crippen LogP contribution in [0.5, 0.6) is 5.75 Å². The molecule has 1 aromatic heterocycles. The summed E-state index contributed by atoms with van der Waals surface area (Å²) < 4.78 is 8.27. The van der Waals surface area contributed by atoms with E-state index in [9.17, 15) is 4.79 Å². The molecule has 1 N–H and O–H groups in total. The summed E-state index contributed by atoms with van der Waals surface area (Å²) in [6.07, 6.45) is 2.87. The SMILES string of the molecule is CC(C)c1ccc(OCCCn2c(CCCNC(=O)Cc3ccc(Cl)cc3)nc3ccccc32)cc1. The van der Waals surface area contributed by atoms with Crippen molar-refractivity contribution in [2.45, 2.75) is 52.0 Å². The van der Waals surface area contributed by atoms with Gasteiger partial charge in [-0.1, -0.05) is 61.8 Å². The molecular weight excluding hydrogens is 470 g/mol. The van der Waals surface area contributed by atoms with Crippen molar-refractivity contribution in [1.29, 1.82) is 0 Å². The lowest BCUT2D eigenvalue weighted by molar-refractivity contribution is -0.120. The summed E-state index contributed by atoms with van der Waals surface area (Å²) in [7, 11) is 0. The Morgan fingerprint density at radius 1 is 1.00 bits per heavy atom. The minimum atomic E-state index is 0.0180. The molecule has 0 fully saturated rings. The molecule has 5 nitrogen and oxygen atoms in total. The fourth-order valence-corrected chi connectivity index (χ4v) is 4.38. The van der Waals surface area contributed by atoms with Gasteiger partial charge in [0.25, 0.3) is 0 Å². The molecule has 0 aliphatic carbocycles. The first-order valence-corrected chi connectivity index (χ1v) is 13.1. The zero-order valence-electron chi connectivity index (χ0n) is 21.0. The number of hydrogen-bond donors (Lipinski definition) is 1. The Balaban J connectivity index is 1.27. The van der Waals surface area contributed by atoms with Gasteiger partial charge in [0.05, 0.1) is 24.1 Å². The number of rotatable bonds is 12. The maximum atomic E-state index is 12.3. The number of nitrogens with zero attached hydrogens (tertiary/aromatic N) is 2. The van der Waals surface area contributed by atoms with Crippen LogP contribution in [0.2, 0.25) is 5.02 Å². The van der Waals surface area contributed by atoms with E-state index in [0.717, 1.165) is 54.0 Å². The molecule has 0 unspecified atom stereocenters. The van der Waals surface area contributed by atoms with Crippen LogP contribution in [0, 0.1) is 0 Å². The van der Waals surface area contributed by atoms with Crippen molar-refractivity contribution in [3.63, 3.8) is 0 Å². The van der Waals surface area contributed by atoms with Gasteiger partial charge < -0.3 is 14.6 Å². The number of ether oxygens (including phenoxy) is 1. The summed E-state index contributed by atoms with van der Waals surface area (Å²) in [5.41, 5.74) is 4.42. The molecule has 36 heavy (non-hydrogen) atoms. The Kier molecular flexibility index (Phi) is 9.01. The van der Waals surface area contributed by atoms with E-state index in [4.69, 9.17) is 21.3 Å². The molecule has 0 atom stereocenters. The van der Waals surface area contributed by atoms with Crippen molar-refractivity contribution in [2.24, 2.45) is 0 Å². The van der Waals surface area contributed by atoms with Crippen molar-refractivity contribution < 1.29 is 9.53 Å². The van der Waals surface area contributed by atoms with E-state index >= 15 is 0 Å². The lowest BCUT2D eigenvalue weighted by Crippen LogP contribution is -2.26. The molecule has 3 aromatic carbocycles. The molecule has 0 bridgehead atoms. The van der Waals surface area contributed by atoms with Gasteiger partial charge >= 0.3 is 0 Å². The number of carbonyl (C=O) groups excluding carboxylic acids is 1. The highest BCUT2D eigenvalue weighted by atomic mass is 35.5. The second kappa shape index (κ2) is 12.6. The molecule has 0 saturated carbocycles. The van der Waals surface area contributed by atoms with Crippen molar-refractivity contribution >= 4 is 28.5 Å². The van der Waals surface area contributed by atoms with Gasteiger partial charge in [-0.3, -0.25) is 4.79 Å². The normalized spacial score (nSPS) is 11.2. The van der Waals surface area contributed by atoms with Crippen LogP contribution in [0.25, 0.3) is 11.0 Å². The van der Waals surface area contributed by atoms with E-state index < -0.39 is 0 Å². The number of para-hydroxylation sites is 2. The van der Waals surface area contributed by atoms with Crippen LogP contribution in [0.1, 0.15) is 49.6 Å². The highest BCUT2D eigenvalue weighted by molar-refractivity contribution is 6.30. The number of hydrogen-bond acceptors (Lipinski definition) is 3. The molecule has 6 heteroatoms. The van der Waals surface area contributed by atoms with E-state index in [1.54, 1.807) is 0 Å². The summed E-state index contributed by atoms with van der Waals surface area (Å²) in [4.78, 5) is 17.1. The minimum Gasteiger partial charge on any atom is -0.494 e. The fraction of sp³-hybridized carbons (Fsp3) is 0.333. The quantitative estimate of drug-likeness (QED) is 0.222. The minimum absolute atomic E-state index is 0.0180. The van der Waals surface area contributed by atoms with Crippen LogP contribution in [-0.2, 0) is 24.2 Å². The maximum absolute atomic E-state index is 12.3. The molecule has 0 saturated heterocycles. The molecular formula is C30H34ClN3O2. The number of benzene rings is 3. The molecule has 4 rings (SSSR count). The summed E-state index contributed by atoms with van der Waals surface area (Å²) in [5.74, 6) is 2.49. The van der Waals surface area contributed by atoms with E-state index in [1.165, 1.54) is 5.56 Å². The number of carbonyl (C=O) groups is 1. The number of imidazole rings is 1. The third kappa shape index (κ3) is 7.11. The summed E-state index contributed by atoms with van der Waals surface area (Å²) in [6, 6.07) is 24.0. The number of fused-ring (bicyclic) bond motifs is 1. The Morgan fingerprint density at radius 3 is 2.50 bits per heavy atom. The first kappa shape index (κ1) is 25.8. The van der Waals surface area contributed by atoms with Gasteiger partial charge in [0.2, 0.25) is 5.91 Å². The van der Waals surface area contributed by atoms with Gasteiger partial charge in [-0.2, -0.15) is 0 Å². The molecule has 4 aromatic rings. The average molecular weight is 504 g/mol. The van der Waals surface area contributed by atoms with Gasteiger partial charge in [-0.05, 0) is 66.3 Å². The van der Waals surface area contributed by atoms with E-state index in [1.807, 2.05) is 36.4 Å². The van der Waals surface area contributed by atoms with Crippen LogP contribution >= 0.6 is 11.6 Å². The monoisotopic (exact) mass is 503 g/mol. The predicted octanol–water partition coefficient (Wildman–Crippen LogP) is 6.57. The van der Waals surface area contributed by atoms with Crippen LogP contribution in [0.15, 0.2) is 72.8 Å². The second-order valence-electron chi connectivity index (χ2n) is 9.35. The molecule has 0 aliphatic heterocycles. The third-order valence-corrected chi connectivity index (χ3v) is 6.50. The Bertz CT molecular complexity index is 1260. The fourth-order valence-electron chi connectivity index (χ4n) is 4.25. The van der Waals surface area contributed by atoms with E-state index in [-0.39, 0.29) is 5.91 Å². The number of nitrogens with one attached hydrogen (secondary N) is 1. The van der Waals surface area contributed by atoms with Gasteiger partial charge in [-0.15, -0.1) is 0 Å². The third-order valence-electron chi connectivity index (χ3n) is 6.25. The summed E-state index contributed by atoms with van der Waals surface area (Å²) >= 11 is 5.92. The number of halogens is 1. The van der Waals surface area contributed by atoms with E-state index in [0.29, 0.717) is 30.5 Å². The molecule has 1 amide bonds. The van der Waals surface area contributed by atoms with Crippen LogP contribution in [-0.4, -0.2) is 28.6 Å². The first-order valence-electron chi connectivity index (χ1n) is 12.7.